The molecule has 2 N–H and O–H groups in total. The van der Waals surface area contributed by atoms with E-state index >= 15 is 0 Å². The first kappa shape index (κ1) is 8.82. The second kappa shape index (κ2) is 9.61. The summed E-state index contributed by atoms with van der Waals surface area (Å²) in [5.74, 6) is 0. The molecule has 30 valence electrons. The third kappa shape index (κ3) is 28.2. The summed E-state index contributed by atoms with van der Waals surface area (Å²) >= 11 is 0. The fourth-order valence-electron chi connectivity index (χ4n) is 0. The molecule has 0 aromatic carbocycles. The highest BCUT2D eigenvalue weighted by Crippen LogP contribution is 1.53. The highest BCUT2D eigenvalue weighted by atomic mass is 32.1. The molecule has 4 nitrogen and oxygen atoms in total. The van der Waals surface area contributed by atoms with Crippen LogP contribution in [0, 0.1) is 11.1 Å². The van der Waals surface area contributed by atoms with Crippen LogP contribution >= 0.6 is 13.5 Å². The second-order valence-corrected chi connectivity index (χ2v) is 0.200. The van der Waals surface area contributed by atoms with Crippen molar-refractivity contribution in [1.29, 1.82) is 11.1 Å². The van der Waals surface area contributed by atoms with Crippen LogP contribution in [0.15, 0.2) is 10.4 Å². The van der Waals surface area contributed by atoms with Gasteiger partial charge in [-0.3, -0.25) is 0 Å². The van der Waals surface area contributed by atoms with E-state index in [1.165, 1.54) is 0 Å². The van der Waals surface area contributed by atoms with Crippen molar-refractivity contribution >= 4 is 13.5 Å². The van der Waals surface area contributed by atoms with E-state index in [0.717, 1.165) is 0 Å². The van der Waals surface area contributed by atoms with Crippen LogP contribution in [0.5, 0.6) is 0 Å². The summed E-state index contributed by atoms with van der Waals surface area (Å²) in [5.41, 5.74) is 11.4. The average molecular weight is 92.1 g/mol. The van der Waals surface area contributed by atoms with Crippen molar-refractivity contribution in [2.45, 2.75) is 0 Å². The van der Waals surface area contributed by atoms with Crippen molar-refractivity contribution in [1.82, 2.24) is 0 Å². The highest BCUT2D eigenvalue weighted by molar-refractivity contribution is 7.59. The van der Waals surface area contributed by atoms with Crippen LogP contribution in [0.4, 0.5) is 0 Å². The molecular weight excluding hydrogens is 88.1 g/mol. The topological polar surface area (TPSA) is 72.4 Å². The summed E-state index contributed by atoms with van der Waals surface area (Å²) in [6.07, 6.45) is 0. The van der Waals surface area contributed by atoms with Crippen molar-refractivity contribution in [3.05, 3.63) is 0 Å². The minimum atomic E-state index is 0. The first-order valence-electron chi connectivity index (χ1n) is 0.647. The molecule has 0 heterocycles. The highest BCUT2D eigenvalue weighted by Gasteiger charge is 1.30. The van der Waals surface area contributed by atoms with Gasteiger partial charge >= 0.3 is 0 Å². The Morgan fingerprint density at radius 2 is 1.20 bits per heavy atom. The average Bonchev–Trinajstić information content (AvgIpc) is 1.37. The van der Waals surface area contributed by atoms with Crippen LogP contribution in [0.1, 0.15) is 0 Å². The van der Waals surface area contributed by atoms with Crippen LogP contribution in [0.2, 0.25) is 0 Å². The maximum atomic E-state index is 5.72. The lowest BCUT2D eigenvalue weighted by atomic mass is 12.6. The summed E-state index contributed by atoms with van der Waals surface area (Å²) in [5, 5.41) is 4.56. The number of nitrogens with zero attached hydrogens (tertiary/aromatic N) is 2. The van der Waals surface area contributed by atoms with Gasteiger partial charge in [0.1, 0.15) is 0 Å². The predicted molar refractivity (Wildman–Crippen MR) is 20.7 cm³/mol. The molecule has 0 aliphatic rings. The standard InChI is InChI=1S/H2N4.H2S/c1-3-4-2;/h1-2H;1H2. The Bertz CT molecular complexity index is 24.6. The van der Waals surface area contributed by atoms with E-state index in [-0.39, 0.29) is 13.5 Å². The zero-order valence-corrected chi connectivity index (χ0v) is 3.39. The molecule has 0 aliphatic heterocycles. The van der Waals surface area contributed by atoms with Crippen LogP contribution in [-0.4, -0.2) is 0 Å². The van der Waals surface area contributed by atoms with Crippen molar-refractivity contribution in [3.63, 3.8) is 0 Å². The minimum absolute atomic E-state index is 0. The van der Waals surface area contributed by atoms with Crippen LogP contribution in [0.3, 0.4) is 0 Å². The summed E-state index contributed by atoms with van der Waals surface area (Å²) in [7, 11) is 0. The van der Waals surface area contributed by atoms with E-state index in [1.807, 2.05) is 0 Å². The van der Waals surface area contributed by atoms with Gasteiger partial charge in [-0.05, 0) is 10.4 Å². The van der Waals surface area contributed by atoms with E-state index in [1.54, 1.807) is 0 Å². The third-order valence-corrected chi connectivity index (χ3v) is 0.0500. The number of hydrogen-bond donors (Lipinski definition) is 2. The molecule has 0 saturated heterocycles. The van der Waals surface area contributed by atoms with E-state index in [9.17, 15) is 0 Å². The maximum Gasteiger partial charge on any atom is -0.0325 e. The molecule has 0 bridgehead atoms. The molecule has 0 amide bonds. The number of hydrogen-bond acceptors (Lipinski definition) is 2. The molecule has 0 saturated carbocycles. The van der Waals surface area contributed by atoms with Crippen molar-refractivity contribution < 1.29 is 0 Å². The van der Waals surface area contributed by atoms with E-state index in [4.69, 9.17) is 11.1 Å². The van der Waals surface area contributed by atoms with Gasteiger partial charge in [-0.2, -0.15) is 24.6 Å². The monoisotopic (exact) mass is 92.0 g/mol. The Labute approximate surface area is 36.0 Å². The van der Waals surface area contributed by atoms with Crippen molar-refractivity contribution in [3.8, 4) is 0 Å². The molecule has 0 aromatic rings. The van der Waals surface area contributed by atoms with Gasteiger partial charge in [0.2, 0.25) is 0 Å². The lowest BCUT2D eigenvalue weighted by Crippen LogP contribution is -1.20. The zero-order valence-electron chi connectivity index (χ0n) is 2.39. The Kier molecular flexibility index (Phi) is 16.9. The maximum absolute atomic E-state index is 5.72. The Morgan fingerprint density at radius 3 is 1.20 bits per heavy atom. The molecule has 0 unspecified atom stereocenters. The first-order valence-corrected chi connectivity index (χ1v) is 0.647. The fourth-order valence-corrected chi connectivity index (χ4v) is 0. The van der Waals surface area contributed by atoms with Gasteiger partial charge in [-0.25, -0.2) is 0 Å². The van der Waals surface area contributed by atoms with E-state index in [2.05, 4.69) is 10.4 Å². The smallest absolute Gasteiger partial charge is 0.0325 e. The molecule has 5 heavy (non-hydrogen) atoms. The second-order valence-electron chi connectivity index (χ2n) is 0.200. The summed E-state index contributed by atoms with van der Waals surface area (Å²) < 4.78 is 0. The number of rotatable bonds is 1. The lowest BCUT2D eigenvalue weighted by molar-refractivity contribution is 0.867. The van der Waals surface area contributed by atoms with Gasteiger partial charge in [-0.15, -0.1) is 0 Å². The molecule has 5 heteroatoms. The summed E-state index contributed by atoms with van der Waals surface area (Å²) in [6, 6.07) is 0. The fraction of sp³-hybridized carbons (Fsp3) is 0. The van der Waals surface area contributed by atoms with Crippen molar-refractivity contribution in [2.75, 3.05) is 0 Å². The van der Waals surface area contributed by atoms with Crippen LogP contribution in [-0.2, 0) is 0 Å². The van der Waals surface area contributed by atoms with Gasteiger partial charge in [0.15, 0.2) is 0 Å². The molecule has 0 aromatic heterocycles. The lowest BCUT2D eigenvalue weighted by Gasteiger charge is -1.43. The predicted octanol–water partition coefficient (Wildman–Crippen LogP) is 1.08. The Balaban J connectivity index is 0. The molecule has 0 radical (unpaired) electrons. The van der Waals surface area contributed by atoms with E-state index < -0.39 is 0 Å². The van der Waals surface area contributed by atoms with Gasteiger partial charge in [0, 0.05) is 0 Å². The summed E-state index contributed by atoms with van der Waals surface area (Å²) in [4.78, 5) is 0. The minimum Gasteiger partial charge on any atom is -0.197 e. The SMILES string of the molecule is N=NN=N.S. The first-order chi connectivity index (χ1) is 1.91. The molecule has 0 aliphatic carbocycles. The molecular formula is H4N4S. The third-order valence-electron chi connectivity index (χ3n) is 0.0500. The largest absolute Gasteiger partial charge is 0.197 e. The Hall–Kier alpha value is -0.450. The molecule has 0 spiro atoms. The molecule has 0 atom stereocenters. The molecule has 0 rings (SSSR count). The van der Waals surface area contributed by atoms with Crippen LogP contribution < -0.4 is 0 Å². The van der Waals surface area contributed by atoms with Crippen LogP contribution in [0.25, 0.3) is 0 Å². The number of nitrogens with one attached hydrogen (secondary N) is 2. The quantitative estimate of drug-likeness (QED) is 0.359. The zero-order chi connectivity index (χ0) is 3.41. The van der Waals surface area contributed by atoms with Crippen molar-refractivity contribution in [2.24, 2.45) is 10.4 Å². The summed E-state index contributed by atoms with van der Waals surface area (Å²) in [6.45, 7) is 0. The normalized spacial score (nSPS) is 4.00. The van der Waals surface area contributed by atoms with Gasteiger partial charge in [-0.1, -0.05) is 0 Å². The Morgan fingerprint density at radius 1 is 1.00 bits per heavy atom. The van der Waals surface area contributed by atoms with Gasteiger partial charge < -0.3 is 0 Å². The van der Waals surface area contributed by atoms with Gasteiger partial charge in [0.25, 0.3) is 0 Å². The van der Waals surface area contributed by atoms with Gasteiger partial charge in [0.05, 0.1) is 0 Å². The molecule has 0 fully saturated rings. The van der Waals surface area contributed by atoms with E-state index in [0.29, 0.717) is 0 Å².